The zero-order chi connectivity index (χ0) is 25.4. The van der Waals surface area contributed by atoms with Gasteiger partial charge in [-0.1, -0.05) is 42.5 Å². The van der Waals surface area contributed by atoms with Crippen molar-refractivity contribution < 1.29 is 23.8 Å². The zero-order valence-corrected chi connectivity index (χ0v) is 21.6. The van der Waals surface area contributed by atoms with E-state index in [0.717, 1.165) is 16.9 Å². The second-order valence-electron chi connectivity index (χ2n) is 10.3. The van der Waals surface area contributed by atoms with E-state index in [0.29, 0.717) is 19.6 Å². The fraction of sp³-hybridized carbons (Fsp3) is 0.500. The van der Waals surface area contributed by atoms with Gasteiger partial charge >= 0.3 is 11.9 Å². The normalized spacial score (nSPS) is 12.8. The molecular weight excluding hydrogens is 430 g/mol. The third-order valence-corrected chi connectivity index (χ3v) is 4.76. The van der Waals surface area contributed by atoms with Crippen molar-refractivity contribution in [2.75, 3.05) is 13.2 Å². The van der Waals surface area contributed by atoms with E-state index in [9.17, 15) is 9.59 Å². The molecule has 0 aliphatic heterocycles. The summed E-state index contributed by atoms with van der Waals surface area (Å²) in [7, 11) is 0. The van der Waals surface area contributed by atoms with Crippen LogP contribution in [-0.4, -0.2) is 47.2 Å². The molecule has 0 aliphatic carbocycles. The summed E-state index contributed by atoms with van der Waals surface area (Å²) in [5.74, 6) is 0.0134. The van der Waals surface area contributed by atoms with Gasteiger partial charge in [-0.25, -0.2) is 0 Å². The van der Waals surface area contributed by atoms with Crippen LogP contribution in [0.15, 0.2) is 54.6 Å². The van der Waals surface area contributed by atoms with E-state index in [1.54, 1.807) is 0 Å². The van der Waals surface area contributed by atoms with Crippen LogP contribution in [0, 0.1) is 0 Å². The van der Waals surface area contributed by atoms with Crippen LogP contribution in [-0.2, 0) is 32.0 Å². The van der Waals surface area contributed by atoms with E-state index in [-0.39, 0.29) is 18.5 Å². The lowest BCUT2D eigenvalue weighted by Gasteiger charge is -2.33. The molecule has 0 heterocycles. The number of nitrogens with zero attached hydrogens (tertiary/aromatic N) is 1. The highest BCUT2D eigenvalue weighted by Crippen LogP contribution is 2.21. The minimum Gasteiger partial charge on any atom is -0.494 e. The number of carbonyl (C=O) groups is 2. The summed E-state index contributed by atoms with van der Waals surface area (Å²) in [5, 5.41) is 0. The van der Waals surface area contributed by atoms with Gasteiger partial charge in [0.2, 0.25) is 0 Å². The van der Waals surface area contributed by atoms with Crippen LogP contribution in [0.5, 0.6) is 5.75 Å². The Hall–Kier alpha value is -2.86. The molecule has 0 amide bonds. The topological polar surface area (TPSA) is 65.1 Å². The highest BCUT2D eigenvalue weighted by atomic mass is 16.6. The Labute approximate surface area is 204 Å². The van der Waals surface area contributed by atoms with Gasteiger partial charge in [0, 0.05) is 6.54 Å². The van der Waals surface area contributed by atoms with Crippen molar-refractivity contribution in [2.45, 2.75) is 78.7 Å². The summed E-state index contributed by atoms with van der Waals surface area (Å²) in [5.41, 5.74) is 0.665. The lowest BCUT2D eigenvalue weighted by atomic mass is 10.0. The maximum atomic E-state index is 13.4. The van der Waals surface area contributed by atoms with Gasteiger partial charge in [0.05, 0.1) is 13.2 Å². The van der Waals surface area contributed by atoms with Crippen molar-refractivity contribution in [3.05, 3.63) is 65.7 Å². The number of hydrogen-bond acceptors (Lipinski definition) is 6. The van der Waals surface area contributed by atoms with Gasteiger partial charge in [0.1, 0.15) is 23.0 Å². The van der Waals surface area contributed by atoms with Gasteiger partial charge in [0.25, 0.3) is 0 Å². The molecule has 1 unspecified atom stereocenters. The quantitative estimate of drug-likeness (QED) is 0.447. The van der Waals surface area contributed by atoms with Gasteiger partial charge < -0.3 is 14.2 Å². The van der Waals surface area contributed by atoms with Crippen LogP contribution in [0.25, 0.3) is 0 Å². The Morgan fingerprint density at radius 1 is 0.824 bits per heavy atom. The molecule has 186 valence electrons. The van der Waals surface area contributed by atoms with Crippen LogP contribution in [0.4, 0.5) is 0 Å². The standard InChI is InChI=1S/C28H39NO5/c1-8-32-23-16-14-21(15-17-23)18-24(26(31)34-28(5,6)7)29(19-22-12-10-9-11-13-22)20-25(30)33-27(2,3)4/h9-17,24H,8,18-20H2,1-7H3. The summed E-state index contributed by atoms with van der Waals surface area (Å²) in [4.78, 5) is 28.0. The Kier molecular flexibility index (Phi) is 9.68. The molecule has 0 saturated heterocycles. The first-order valence-corrected chi connectivity index (χ1v) is 11.8. The van der Waals surface area contributed by atoms with E-state index in [4.69, 9.17) is 14.2 Å². The Morgan fingerprint density at radius 3 is 1.94 bits per heavy atom. The molecule has 6 nitrogen and oxygen atoms in total. The predicted octanol–water partition coefficient (Wildman–Crippen LogP) is 5.18. The molecule has 2 rings (SSSR count). The van der Waals surface area contributed by atoms with Crippen LogP contribution in [0.3, 0.4) is 0 Å². The van der Waals surface area contributed by atoms with Gasteiger partial charge in [-0.2, -0.15) is 0 Å². The van der Waals surface area contributed by atoms with Crippen molar-refractivity contribution >= 4 is 11.9 Å². The SMILES string of the molecule is CCOc1ccc(CC(C(=O)OC(C)(C)C)N(CC(=O)OC(C)(C)C)Cc2ccccc2)cc1. The van der Waals surface area contributed by atoms with Crippen molar-refractivity contribution in [3.63, 3.8) is 0 Å². The second kappa shape index (κ2) is 12.0. The number of rotatable bonds is 10. The summed E-state index contributed by atoms with van der Waals surface area (Å²) in [6, 6.07) is 16.8. The summed E-state index contributed by atoms with van der Waals surface area (Å²) < 4.78 is 16.9. The van der Waals surface area contributed by atoms with Crippen LogP contribution in [0.1, 0.15) is 59.6 Å². The van der Waals surface area contributed by atoms with Crippen molar-refractivity contribution in [1.82, 2.24) is 4.90 Å². The summed E-state index contributed by atoms with van der Waals surface area (Å²) in [6.07, 6.45) is 0.386. The Morgan fingerprint density at radius 2 is 1.41 bits per heavy atom. The third kappa shape index (κ3) is 9.96. The molecule has 2 aromatic carbocycles. The van der Waals surface area contributed by atoms with Gasteiger partial charge in [-0.3, -0.25) is 14.5 Å². The third-order valence-electron chi connectivity index (χ3n) is 4.76. The smallest absolute Gasteiger partial charge is 0.324 e. The molecule has 0 bridgehead atoms. The molecular formula is C28H39NO5. The first-order chi connectivity index (χ1) is 15.9. The van der Waals surface area contributed by atoms with Crippen molar-refractivity contribution in [3.8, 4) is 5.75 Å². The first kappa shape index (κ1) is 27.4. The lowest BCUT2D eigenvalue weighted by molar-refractivity contribution is -0.165. The molecule has 1 atom stereocenters. The molecule has 0 aromatic heterocycles. The summed E-state index contributed by atoms with van der Waals surface area (Å²) in [6.45, 7) is 13.9. The van der Waals surface area contributed by atoms with E-state index in [1.165, 1.54) is 0 Å². The fourth-order valence-electron chi connectivity index (χ4n) is 3.48. The molecule has 6 heteroatoms. The lowest BCUT2D eigenvalue weighted by Crippen LogP contribution is -2.48. The molecule has 0 aliphatic rings. The van der Waals surface area contributed by atoms with Crippen LogP contribution < -0.4 is 4.74 Å². The fourth-order valence-corrected chi connectivity index (χ4v) is 3.48. The van der Waals surface area contributed by atoms with E-state index in [2.05, 4.69) is 0 Å². The van der Waals surface area contributed by atoms with E-state index in [1.807, 2.05) is 108 Å². The number of esters is 2. The van der Waals surface area contributed by atoms with Crippen LogP contribution >= 0.6 is 0 Å². The minimum atomic E-state index is -0.676. The highest BCUT2D eigenvalue weighted by Gasteiger charge is 2.33. The predicted molar refractivity (Wildman–Crippen MR) is 134 cm³/mol. The monoisotopic (exact) mass is 469 g/mol. The molecule has 0 saturated carbocycles. The Bertz CT molecular complexity index is 911. The van der Waals surface area contributed by atoms with Gasteiger partial charge in [-0.05, 0) is 78.1 Å². The number of benzene rings is 2. The maximum absolute atomic E-state index is 13.4. The second-order valence-corrected chi connectivity index (χ2v) is 10.3. The van der Waals surface area contributed by atoms with Gasteiger partial charge in [0.15, 0.2) is 0 Å². The average Bonchev–Trinajstić information content (AvgIpc) is 2.71. The molecule has 0 radical (unpaired) electrons. The zero-order valence-electron chi connectivity index (χ0n) is 21.6. The van der Waals surface area contributed by atoms with Crippen molar-refractivity contribution in [1.29, 1.82) is 0 Å². The Balaban J connectivity index is 2.38. The van der Waals surface area contributed by atoms with Crippen LogP contribution in [0.2, 0.25) is 0 Å². The largest absolute Gasteiger partial charge is 0.494 e. The van der Waals surface area contributed by atoms with Crippen molar-refractivity contribution in [2.24, 2.45) is 0 Å². The number of ether oxygens (including phenoxy) is 3. The first-order valence-electron chi connectivity index (χ1n) is 11.8. The summed E-state index contributed by atoms with van der Waals surface area (Å²) >= 11 is 0. The van der Waals surface area contributed by atoms with E-state index < -0.39 is 17.2 Å². The molecule has 0 fully saturated rings. The molecule has 0 spiro atoms. The molecule has 0 N–H and O–H groups in total. The number of carbonyl (C=O) groups excluding carboxylic acids is 2. The maximum Gasteiger partial charge on any atom is 0.324 e. The van der Waals surface area contributed by atoms with Gasteiger partial charge in [-0.15, -0.1) is 0 Å². The number of hydrogen-bond donors (Lipinski definition) is 0. The average molecular weight is 470 g/mol. The minimum absolute atomic E-state index is 0.0346. The van der Waals surface area contributed by atoms with E-state index >= 15 is 0 Å². The highest BCUT2D eigenvalue weighted by molar-refractivity contribution is 5.78. The molecule has 2 aromatic rings. The molecule has 34 heavy (non-hydrogen) atoms.